The molecule has 2 rings (SSSR count). The number of carbonyl (C=O) groups excluding carboxylic acids is 1. The fraction of sp³-hybridized carbons (Fsp3) is 0.412. The van der Waals surface area contributed by atoms with Crippen LogP contribution in [0.15, 0.2) is 29.2 Å². The summed E-state index contributed by atoms with van der Waals surface area (Å²) in [6, 6.07) is 7.60. The highest BCUT2D eigenvalue weighted by molar-refractivity contribution is 8.78. The molecule has 0 bridgehead atoms. The van der Waals surface area contributed by atoms with Crippen molar-refractivity contribution in [2.45, 2.75) is 32.1 Å². The monoisotopic (exact) mass is 367 g/mol. The van der Waals surface area contributed by atoms with Gasteiger partial charge in [0.25, 0.3) is 5.91 Å². The molecular formula is C17H21NO4S2. The van der Waals surface area contributed by atoms with Gasteiger partial charge in [0.05, 0.1) is 12.0 Å². The molecule has 1 aliphatic rings. The molecule has 1 aromatic carbocycles. The first-order valence-corrected chi connectivity index (χ1v) is 9.95. The minimum atomic E-state index is -0.745. The van der Waals surface area contributed by atoms with Crippen molar-refractivity contribution in [3.8, 4) is 5.75 Å². The molecular weight excluding hydrogens is 346 g/mol. The summed E-state index contributed by atoms with van der Waals surface area (Å²) in [5.41, 5.74) is 0.975. The third kappa shape index (κ3) is 5.79. The standard InChI is InChI=1S/C17H21NO4S2/c1-22-14-9-7-13(8-10-14)12-15-17(21)18(24-23-15)11-5-3-2-4-6-16(19)20/h7-10,12H,2-6,11H2,1H3,(H,19,20)/b15-12-. The molecule has 1 fully saturated rings. The number of nitrogens with zero attached hydrogens (tertiary/aromatic N) is 1. The van der Waals surface area contributed by atoms with E-state index in [2.05, 4.69) is 0 Å². The van der Waals surface area contributed by atoms with Gasteiger partial charge in [-0.25, -0.2) is 0 Å². The van der Waals surface area contributed by atoms with Crippen LogP contribution in [0.1, 0.15) is 37.7 Å². The van der Waals surface area contributed by atoms with Gasteiger partial charge >= 0.3 is 5.97 Å². The van der Waals surface area contributed by atoms with Gasteiger partial charge in [0.15, 0.2) is 0 Å². The van der Waals surface area contributed by atoms with Crippen LogP contribution in [-0.4, -0.2) is 34.9 Å². The molecule has 7 heteroatoms. The zero-order chi connectivity index (χ0) is 17.4. The molecule has 1 N–H and O–H groups in total. The molecule has 1 aromatic rings. The molecule has 0 saturated carbocycles. The summed E-state index contributed by atoms with van der Waals surface area (Å²) in [7, 11) is 4.57. The Kier molecular flexibility index (Phi) is 7.52. The largest absolute Gasteiger partial charge is 0.497 e. The molecule has 1 aliphatic heterocycles. The molecule has 0 unspecified atom stereocenters. The van der Waals surface area contributed by atoms with Crippen LogP contribution in [0.3, 0.4) is 0 Å². The zero-order valence-electron chi connectivity index (χ0n) is 13.6. The number of hydrogen-bond acceptors (Lipinski definition) is 5. The minimum Gasteiger partial charge on any atom is -0.497 e. The number of rotatable bonds is 9. The summed E-state index contributed by atoms with van der Waals surface area (Å²) < 4.78 is 6.90. The van der Waals surface area contributed by atoms with Crippen LogP contribution in [0.2, 0.25) is 0 Å². The van der Waals surface area contributed by atoms with E-state index in [4.69, 9.17) is 9.84 Å². The minimum absolute atomic E-state index is 0.0476. The second kappa shape index (κ2) is 9.64. The molecule has 1 heterocycles. The highest BCUT2D eigenvalue weighted by Crippen LogP contribution is 2.43. The summed E-state index contributed by atoms with van der Waals surface area (Å²) in [6.45, 7) is 0.698. The van der Waals surface area contributed by atoms with Crippen molar-refractivity contribution in [3.63, 3.8) is 0 Å². The quantitative estimate of drug-likeness (QED) is 0.305. The lowest BCUT2D eigenvalue weighted by Gasteiger charge is -2.11. The number of aliphatic carboxylic acids is 1. The van der Waals surface area contributed by atoms with Gasteiger partial charge in [0.1, 0.15) is 5.75 Å². The fourth-order valence-corrected chi connectivity index (χ4v) is 4.50. The third-order valence-electron chi connectivity index (χ3n) is 3.57. The second-order valence-electron chi connectivity index (χ2n) is 5.40. The van der Waals surface area contributed by atoms with Crippen molar-refractivity contribution in [2.24, 2.45) is 0 Å². The number of carboxylic acids is 1. The molecule has 0 spiro atoms. The number of benzene rings is 1. The van der Waals surface area contributed by atoms with Crippen molar-refractivity contribution in [3.05, 3.63) is 34.7 Å². The van der Waals surface area contributed by atoms with Crippen LogP contribution in [0.4, 0.5) is 0 Å². The van der Waals surface area contributed by atoms with Crippen molar-refractivity contribution >= 4 is 39.7 Å². The van der Waals surface area contributed by atoms with Gasteiger partial charge in [0.2, 0.25) is 0 Å². The zero-order valence-corrected chi connectivity index (χ0v) is 15.2. The SMILES string of the molecule is COc1ccc(/C=C2\SSN(CCCCCCC(=O)O)C2=O)cc1. The molecule has 0 atom stereocenters. The van der Waals surface area contributed by atoms with Crippen molar-refractivity contribution < 1.29 is 19.4 Å². The molecule has 130 valence electrons. The lowest BCUT2D eigenvalue weighted by Crippen LogP contribution is -2.20. The van der Waals surface area contributed by atoms with Gasteiger partial charge in [-0.2, -0.15) is 0 Å². The van der Waals surface area contributed by atoms with Crippen LogP contribution in [0.5, 0.6) is 5.75 Å². The maximum absolute atomic E-state index is 12.4. The van der Waals surface area contributed by atoms with Crippen molar-refractivity contribution in [1.29, 1.82) is 0 Å². The van der Waals surface area contributed by atoms with Gasteiger partial charge in [-0.3, -0.25) is 13.9 Å². The van der Waals surface area contributed by atoms with Crippen LogP contribution >= 0.6 is 21.8 Å². The molecule has 1 saturated heterocycles. The third-order valence-corrected chi connectivity index (χ3v) is 5.95. The van der Waals surface area contributed by atoms with E-state index < -0.39 is 5.97 Å². The van der Waals surface area contributed by atoms with Crippen LogP contribution in [0, 0.1) is 0 Å². The first kappa shape index (κ1) is 18.7. The topological polar surface area (TPSA) is 66.8 Å². The number of hydrogen-bond donors (Lipinski definition) is 1. The lowest BCUT2D eigenvalue weighted by atomic mass is 10.1. The highest BCUT2D eigenvalue weighted by Gasteiger charge is 2.27. The maximum Gasteiger partial charge on any atom is 0.303 e. The first-order valence-electron chi connectivity index (χ1n) is 7.84. The van der Waals surface area contributed by atoms with E-state index in [0.717, 1.165) is 35.5 Å². The number of methoxy groups -OCH3 is 1. The average molecular weight is 367 g/mol. The maximum atomic E-state index is 12.4. The Bertz CT molecular complexity index is 601. The lowest BCUT2D eigenvalue weighted by molar-refractivity contribution is -0.137. The number of amides is 1. The van der Waals surface area contributed by atoms with Crippen molar-refractivity contribution in [1.82, 2.24) is 4.31 Å². The van der Waals surface area contributed by atoms with Crippen molar-refractivity contribution in [2.75, 3.05) is 13.7 Å². The molecule has 1 amide bonds. The molecule has 24 heavy (non-hydrogen) atoms. The van der Waals surface area contributed by atoms with Crippen LogP contribution in [0.25, 0.3) is 6.08 Å². The predicted octanol–water partition coefficient (Wildman–Crippen LogP) is 4.21. The van der Waals surface area contributed by atoms with E-state index >= 15 is 0 Å². The smallest absolute Gasteiger partial charge is 0.303 e. The molecule has 0 aromatic heterocycles. The van der Waals surface area contributed by atoms with E-state index in [9.17, 15) is 9.59 Å². The average Bonchev–Trinajstić information content (AvgIpc) is 2.91. The van der Waals surface area contributed by atoms with Gasteiger partial charge in [-0.15, -0.1) is 0 Å². The molecule has 5 nitrogen and oxygen atoms in total. The number of ether oxygens (including phenoxy) is 1. The fourth-order valence-electron chi connectivity index (χ4n) is 2.24. The number of carbonyl (C=O) groups is 2. The summed E-state index contributed by atoms with van der Waals surface area (Å²) in [4.78, 5) is 23.5. The summed E-state index contributed by atoms with van der Waals surface area (Å²) in [5.74, 6) is 0.0952. The first-order chi connectivity index (χ1) is 11.6. The van der Waals surface area contributed by atoms with Gasteiger partial charge in [0, 0.05) is 23.9 Å². The van der Waals surface area contributed by atoms with E-state index in [1.54, 1.807) is 11.4 Å². The van der Waals surface area contributed by atoms with Gasteiger partial charge in [-0.1, -0.05) is 25.0 Å². The Morgan fingerprint density at radius 2 is 1.92 bits per heavy atom. The molecule has 0 radical (unpaired) electrons. The van der Waals surface area contributed by atoms with Gasteiger partial charge < -0.3 is 9.84 Å². The Balaban J connectivity index is 1.77. The van der Waals surface area contributed by atoms with Crippen LogP contribution in [-0.2, 0) is 9.59 Å². The Hall–Kier alpha value is -1.60. The molecule has 0 aliphatic carbocycles. The van der Waals surface area contributed by atoms with Crippen LogP contribution < -0.4 is 4.74 Å². The summed E-state index contributed by atoms with van der Waals surface area (Å²) >= 11 is 0. The number of carboxylic acid groups (broad SMARTS) is 1. The Labute approximate surface area is 150 Å². The summed E-state index contributed by atoms with van der Waals surface area (Å²) in [5, 5.41) is 8.58. The second-order valence-corrected chi connectivity index (χ2v) is 7.55. The van der Waals surface area contributed by atoms with E-state index in [-0.39, 0.29) is 12.3 Å². The van der Waals surface area contributed by atoms with Gasteiger partial charge in [-0.05, 0) is 47.4 Å². The van der Waals surface area contributed by atoms with E-state index in [0.29, 0.717) is 13.0 Å². The highest BCUT2D eigenvalue weighted by atomic mass is 33.1. The normalized spacial score (nSPS) is 16.0. The Morgan fingerprint density at radius 1 is 1.21 bits per heavy atom. The van der Waals surface area contributed by atoms with E-state index in [1.807, 2.05) is 30.3 Å². The summed E-state index contributed by atoms with van der Waals surface area (Å²) in [6.07, 6.45) is 5.55. The Morgan fingerprint density at radius 3 is 2.58 bits per heavy atom. The number of unbranched alkanes of at least 4 members (excludes halogenated alkanes) is 3. The predicted molar refractivity (Wildman–Crippen MR) is 98.6 cm³/mol. The van der Waals surface area contributed by atoms with E-state index in [1.165, 1.54) is 21.8 Å².